The normalized spacial score (nSPS) is 10.4. The van der Waals surface area contributed by atoms with Gasteiger partial charge in [-0.1, -0.05) is 11.6 Å². The van der Waals surface area contributed by atoms with E-state index >= 15 is 0 Å². The fraction of sp³-hybridized carbons (Fsp3) is 0.417. The first kappa shape index (κ1) is 13.8. The average molecular weight is 258 g/mol. The lowest BCUT2D eigenvalue weighted by Gasteiger charge is -2.17. The molecule has 0 bridgehead atoms. The molecule has 94 valence electrons. The van der Waals surface area contributed by atoms with Crippen LogP contribution in [0.25, 0.3) is 0 Å². The van der Waals surface area contributed by atoms with E-state index in [9.17, 15) is 4.79 Å². The molecule has 0 heterocycles. The zero-order valence-electron chi connectivity index (χ0n) is 10.2. The van der Waals surface area contributed by atoms with Gasteiger partial charge in [0.25, 0.3) is 0 Å². The lowest BCUT2D eigenvalue weighted by molar-refractivity contribution is -0.141. The highest BCUT2D eigenvalue weighted by atomic mass is 35.5. The number of carbonyl (C=O) groups excluding carboxylic acids is 1. The molecule has 0 aliphatic carbocycles. The third kappa shape index (κ3) is 4.24. The van der Waals surface area contributed by atoms with Crippen molar-refractivity contribution < 1.29 is 14.3 Å². The van der Waals surface area contributed by atoms with Crippen molar-refractivity contribution in [3.05, 3.63) is 28.8 Å². The number of hydrogen-bond donors (Lipinski definition) is 0. The summed E-state index contributed by atoms with van der Waals surface area (Å²) in [5.41, 5.74) is 0.936. The monoisotopic (exact) mass is 257 g/mol. The van der Waals surface area contributed by atoms with Crippen molar-refractivity contribution in [2.45, 2.75) is 6.54 Å². The van der Waals surface area contributed by atoms with Crippen LogP contribution in [0.15, 0.2) is 18.2 Å². The van der Waals surface area contributed by atoms with Crippen LogP contribution >= 0.6 is 11.6 Å². The summed E-state index contributed by atoms with van der Waals surface area (Å²) in [6.45, 7) is 0.797. The van der Waals surface area contributed by atoms with Crippen LogP contribution in [0, 0.1) is 0 Å². The maximum Gasteiger partial charge on any atom is 0.319 e. The Morgan fingerprint density at radius 1 is 1.41 bits per heavy atom. The van der Waals surface area contributed by atoms with Crippen molar-refractivity contribution in [2.75, 3.05) is 27.8 Å². The third-order valence-electron chi connectivity index (χ3n) is 2.31. The van der Waals surface area contributed by atoms with Gasteiger partial charge in [0.05, 0.1) is 20.8 Å². The number of hydrogen-bond acceptors (Lipinski definition) is 4. The van der Waals surface area contributed by atoms with Gasteiger partial charge in [-0.15, -0.1) is 0 Å². The molecule has 0 amide bonds. The highest BCUT2D eigenvalue weighted by molar-refractivity contribution is 6.30. The van der Waals surface area contributed by atoms with Crippen molar-refractivity contribution >= 4 is 17.6 Å². The quantitative estimate of drug-likeness (QED) is 0.756. The lowest BCUT2D eigenvalue weighted by atomic mass is 10.2. The van der Waals surface area contributed by atoms with E-state index in [1.807, 2.05) is 24.1 Å². The van der Waals surface area contributed by atoms with Crippen LogP contribution < -0.4 is 4.74 Å². The van der Waals surface area contributed by atoms with E-state index in [0.29, 0.717) is 11.6 Å². The van der Waals surface area contributed by atoms with Crippen LogP contribution in [-0.2, 0) is 16.1 Å². The SMILES string of the molecule is COC(=O)CN(C)Cc1cc(Cl)ccc1OC. The Morgan fingerprint density at radius 2 is 2.12 bits per heavy atom. The van der Waals surface area contributed by atoms with E-state index in [4.69, 9.17) is 16.3 Å². The molecule has 0 unspecified atom stereocenters. The molecule has 0 aliphatic heterocycles. The number of benzene rings is 1. The van der Waals surface area contributed by atoms with Gasteiger partial charge in [0, 0.05) is 17.1 Å². The van der Waals surface area contributed by atoms with E-state index in [-0.39, 0.29) is 12.5 Å². The van der Waals surface area contributed by atoms with Crippen molar-refractivity contribution in [1.29, 1.82) is 0 Å². The maximum atomic E-state index is 11.1. The molecule has 0 radical (unpaired) electrons. The molecule has 0 saturated carbocycles. The van der Waals surface area contributed by atoms with Crippen LogP contribution in [-0.4, -0.2) is 38.7 Å². The maximum absolute atomic E-state index is 11.1. The summed E-state index contributed by atoms with van der Waals surface area (Å²) in [5, 5.41) is 0.646. The summed E-state index contributed by atoms with van der Waals surface area (Å²) in [6, 6.07) is 5.40. The van der Waals surface area contributed by atoms with Gasteiger partial charge in [-0.2, -0.15) is 0 Å². The molecule has 17 heavy (non-hydrogen) atoms. The fourth-order valence-corrected chi connectivity index (χ4v) is 1.70. The van der Waals surface area contributed by atoms with Gasteiger partial charge in [-0.3, -0.25) is 9.69 Å². The molecule has 5 heteroatoms. The van der Waals surface area contributed by atoms with Gasteiger partial charge in [-0.25, -0.2) is 0 Å². The summed E-state index contributed by atoms with van der Waals surface area (Å²) >= 11 is 5.92. The molecule has 0 spiro atoms. The van der Waals surface area contributed by atoms with Crippen LogP contribution in [0.1, 0.15) is 5.56 Å². The van der Waals surface area contributed by atoms with Gasteiger partial charge < -0.3 is 9.47 Å². The second-order valence-corrected chi connectivity index (χ2v) is 4.14. The Morgan fingerprint density at radius 3 is 2.71 bits per heavy atom. The zero-order chi connectivity index (χ0) is 12.8. The topological polar surface area (TPSA) is 38.8 Å². The highest BCUT2D eigenvalue weighted by Crippen LogP contribution is 2.23. The van der Waals surface area contributed by atoms with Gasteiger partial charge in [0.2, 0.25) is 0 Å². The smallest absolute Gasteiger partial charge is 0.319 e. The number of methoxy groups -OCH3 is 2. The summed E-state index contributed by atoms with van der Waals surface area (Å²) < 4.78 is 9.83. The Balaban J connectivity index is 2.72. The van der Waals surface area contributed by atoms with Crippen LogP contribution in [0.2, 0.25) is 5.02 Å². The molecular weight excluding hydrogens is 242 g/mol. The molecule has 1 aromatic carbocycles. The van der Waals surface area contributed by atoms with E-state index in [1.54, 1.807) is 13.2 Å². The number of likely N-dealkylation sites (N-methyl/N-ethyl adjacent to an activating group) is 1. The first-order valence-corrected chi connectivity index (χ1v) is 5.52. The van der Waals surface area contributed by atoms with Crippen molar-refractivity contribution in [2.24, 2.45) is 0 Å². The predicted octanol–water partition coefficient (Wildman–Crippen LogP) is 1.95. The number of nitrogens with zero attached hydrogens (tertiary/aromatic N) is 1. The van der Waals surface area contributed by atoms with E-state index in [1.165, 1.54) is 7.11 Å². The van der Waals surface area contributed by atoms with Gasteiger partial charge >= 0.3 is 5.97 Å². The second kappa shape index (κ2) is 6.47. The van der Waals surface area contributed by atoms with Gasteiger partial charge in [-0.05, 0) is 25.2 Å². The Kier molecular flexibility index (Phi) is 5.25. The Hall–Kier alpha value is -1.26. The molecule has 4 nitrogen and oxygen atoms in total. The largest absolute Gasteiger partial charge is 0.496 e. The Labute approximate surface area is 106 Å². The molecule has 1 aromatic rings. The zero-order valence-corrected chi connectivity index (χ0v) is 11.0. The van der Waals surface area contributed by atoms with Crippen LogP contribution in [0.4, 0.5) is 0 Å². The number of ether oxygens (including phenoxy) is 2. The van der Waals surface area contributed by atoms with Crippen LogP contribution in [0.3, 0.4) is 0 Å². The third-order valence-corrected chi connectivity index (χ3v) is 2.54. The van der Waals surface area contributed by atoms with Gasteiger partial charge in [0.1, 0.15) is 5.75 Å². The summed E-state index contributed by atoms with van der Waals surface area (Å²) in [4.78, 5) is 12.9. The molecule has 0 aliphatic rings. The molecule has 1 rings (SSSR count). The molecule has 0 aromatic heterocycles. The number of carbonyl (C=O) groups is 1. The lowest BCUT2D eigenvalue weighted by Crippen LogP contribution is -2.26. The summed E-state index contributed by atoms with van der Waals surface area (Å²) in [5.74, 6) is 0.486. The van der Waals surface area contributed by atoms with Crippen molar-refractivity contribution in [3.8, 4) is 5.75 Å². The number of halogens is 1. The molecule has 0 atom stereocenters. The van der Waals surface area contributed by atoms with E-state index in [0.717, 1.165) is 11.3 Å². The van der Waals surface area contributed by atoms with Crippen LogP contribution in [0.5, 0.6) is 5.75 Å². The average Bonchev–Trinajstić information content (AvgIpc) is 2.29. The first-order valence-electron chi connectivity index (χ1n) is 5.14. The minimum absolute atomic E-state index is 0.228. The Bertz CT molecular complexity index is 395. The fourth-order valence-electron chi connectivity index (χ4n) is 1.50. The summed E-state index contributed by atoms with van der Waals surface area (Å²) in [6.07, 6.45) is 0. The molecular formula is C12H16ClNO3. The van der Waals surface area contributed by atoms with Gasteiger partial charge in [0.15, 0.2) is 0 Å². The summed E-state index contributed by atoms with van der Waals surface area (Å²) in [7, 11) is 4.81. The van der Waals surface area contributed by atoms with Crippen molar-refractivity contribution in [3.63, 3.8) is 0 Å². The predicted molar refractivity (Wildman–Crippen MR) is 66.4 cm³/mol. The van der Waals surface area contributed by atoms with Crippen molar-refractivity contribution in [1.82, 2.24) is 4.90 Å². The number of rotatable bonds is 5. The standard InChI is InChI=1S/C12H16ClNO3/c1-14(8-12(15)17-3)7-9-6-10(13)4-5-11(9)16-2/h4-6H,7-8H2,1-3H3. The molecule has 0 saturated heterocycles. The minimum Gasteiger partial charge on any atom is -0.496 e. The first-order chi connectivity index (χ1) is 8.06. The highest BCUT2D eigenvalue weighted by Gasteiger charge is 2.10. The number of esters is 1. The van der Waals surface area contributed by atoms with E-state index < -0.39 is 0 Å². The second-order valence-electron chi connectivity index (χ2n) is 3.70. The molecule has 0 N–H and O–H groups in total. The van der Waals surface area contributed by atoms with E-state index in [2.05, 4.69) is 4.74 Å². The molecule has 0 fully saturated rings. The minimum atomic E-state index is -0.270.